The Morgan fingerprint density at radius 2 is 2.12 bits per heavy atom. The van der Waals surface area contributed by atoms with Gasteiger partial charge in [-0.15, -0.1) is 11.3 Å². The van der Waals surface area contributed by atoms with Gasteiger partial charge in [-0.25, -0.2) is 9.37 Å². The number of ether oxygens (including phenoxy) is 1. The average Bonchev–Trinajstić information content (AvgIpc) is 2.99. The fourth-order valence-electron chi connectivity index (χ4n) is 2.50. The largest absolute Gasteiger partial charge is 0.496 e. The molecule has 0 saturated heterocycles. The van der Waals surface area contributed by atoms with Crippen molar-refractivity contribution < 1.29 is 23.8 Å². The zero-order valence-electron chi connectivity index (χ0n) is 13.8. The molecule has 0 radical (unpaired) electrons. The lowest BCUT2D eigenvalue weighted by atomic mass is 10.0. The van der Waals surface area contributed by atoms with Crippen molar-refractivity contribution in [1.82, 2.24) is 10.3 Å². The first kappa shape index (κ1) is 17.8. The Morgan fingerprint density at radius 3 is 2.81 bits per heavy atom. The number of aliphatic carboxylic acids is 1. The predicted octanol–water partition coefficient (Wildman–Crippen LogP) is 2.85. The molecular formula is C18H15FN2O4S. The maximum Gasteiger partial charge on any atom is 0.322 e. The Balaban J connectivity index is 1.92. The molecule has 1 aromatic heterocycles. The fourth-order valence-corrected chi connectivity index (χ4v) is 3.49. The molecule has 26 heavy (non-hydrogen) atoms. The van der Waals surface area contributed by atoms with Crippen LogP contribution in [0.4, 0.5) is 4.39 Å². The van der Waals surface area contributed by atoms with Crippen LogP contribution in [0.1, 0.15) is 5.01 Å². The summed E-state index contributed by atoms with van der Waals surface area (Å²) in [6, 6.07) is 9.79. The van der Waals surface area contributed by atoms with Crippen LogP contribution >= 0.6 is 11.3 Å². The molecule has 0 bridgehead atoms. The van der Waals surface area contributed by atoms with E-state index in [2.05, 4.69) is 10.3 Å². The molecule has 0 aliphatic carbocycles. The first-order valence-corrected chi connectivity index (χ1v) is 8.50. The molecule has 0 atom stereocenters. The summed E-state index contributed by atoms with van der Waals surface area (Å²) in [7, 11) is 1.52. The zero-order chi connectivity index (χ0) is 18.7. The summed E-state index contributed by atoms with van der Waals surface area (Å²) in [5.74, 6) is -1.31. The second-order valence-corrected chi connectivity index (χ2v) is 6.60. The average molecular weight is 374 g/mol. The van der Waals surface area contributed by atoms with E-state index < -0.39 is 18.4 Å². The second kappa shape index (κ2) is 7.49. The highest BCUT2D eigenvalue weighted by molar-refractivity contribution is 7.18. The van der Waals surface area contributed by atoms with Gasteiger partial charge in [0.05, 0.1) is 23.7 Å². The minimum Gasteiger partial charge on any atom is -0.496 e. The highest BCUT2D eigenvalue weighted by atomic mass is 32.1. The van der Waals surface area contributed by atoms with Crippen molar-refractivity contribution in [3.63, 3.8) is 0 Å². The van der Waals surface area contributed by atoms with Gasteiger partial charge in [-0.1, -0.05) is 12.1 Å². The first-order valence-electron chi connectivity index (χ1n) is 7.68. The maximum atomic E-state index is 13.5. The quantitative estimate of drug-likeness (QED) is 0.693. The lowest BCUT2D eigenvalue weighted by molar-refractivity contribution is -0.137. The van der Waals surface area contributed by atoms with Crippen molar-refractivity contribution in [2.24, 2.45) is 0 Å². The SMILES string of the molecule is COc1cc2nc(CC(=O)NCC(=O)O)sc2cc1-c1cccc(F)c1. The standard InChI is InChI=1S/C18H15FN2O4S/c1-25-14-7-13-15(6-12(14)10-3-2-4-11(19)5-10)26-17(21-13)8-16(22)20-9-18(23)24/h2-7H,8-9H2,1H3,(H,20,22)(H,23,24). The molecule has 3 rings (SSSR count). The lowest BCUT2D eigenvalue weighted by Crippen LogP contribution is -2.30. The first-order chi connectivity index (χ1) is 12.5. The number of fused-ring (bicyclic) bond motifs is 1. The number of benzene rings is 2. The third-order valence-corrected chi connectivity index (χ3v) is 4.66. The van der Waals surface area contributed by atoms with Crippen molar-refractivity contribution in [2.45, 2.75) is 6.42 Å². The zero-order valence-corrected chi connectivity index (χ0v) is 14.6. The topological polar surface area (TPSA) is 88.5 Å². The Labute approximate surface area is 152 Å². The van der Waals surface area contributed by atoms with Crippen LogP contribution < -0.4 is 10.1 Å². The number of carboxylic acid groups (broad SMARTS) is 1. The third kappa shape index (κ3) is 3.97. The van der Waals surface area contributed by atoms with Crippen LogP contribution in [0.15, 0.2) is 36.4 Å². The molecule has 0 unspecified atom stereocenters. The van der Waals surface area contributed by atoms with Crippen LogP contribution in [0.5, 0.6) is 5.75 Å². The number of nitrogens with one attached hydrogen (secondary N) is 1. The number of methoxy groups -OCH3 is 1. The molecule has 2 N–H and O–H groups in total. The van der Waals surface area contributed by atoms with Crippen molar-refractivity contribution in [3.8, 4) is 16.9 Å². The number of rotatable bonds is 6. The molecular weight excluding hydrogens is 359 g/mol. The van der Waals surface area contributed by atoms with Crippen LogP contribution in [0.25, 0.3) is 21.3 Å². The molecule has 1 amide bonds. The number of carboxylic acids is 1. The predicted molar refractivity (Wildman–Crippen MR) is 95.9 cm³/mol. The number of nitrogens with zero attached hydrogens (tertiary/aromatic N) is 1. The fraction of sp³-hybridized carbons (Fsp3) is 0.167. The van der Waals surface area contributed by atoms with E-state index in [4.69, 9.17) is 9.84 Å². The minimum absolute atomic E-state index is 0.00968. The number of carbonyl (C=O) groups is 2. The Bertz CT molecular complexity index is 986. The summed E-state index contributed by atoms with van der Waals surface area (Å²) in [4.78, 5) is 26.7. The molecule has 3 aromatic rings. The van der Waals surface area contributed by atoms with E-state index in [-0.39, 0.29) is 12.2 Å². The minimum atomic E-state index is -1.10. The number of aromatic nitrogens is 1. The molecule has 0 aliphatic heterocycles. The van der Waals surface area contributed by atoms with Crippen molar-refractivity contribution in [3.05, 3.63) is 47.2 Å². The van der Waals surface area contributed by atoms with E-state index in [1.54, 1.807) is 18.2 Å². The number of hydrogen-bond donors (Lipinski definition) is 2. The highest BCUT2D eigenvalue weighted by Crippen LogP contribution is 2.36. The Hall–Kier alpha value is -3.00. The van der Waals surface area contributed by atoms with E-state index in [1.807, 2.05) is 6.07 Å². The van der Waals surface area contributed by atoms with Crippen molar-refractivity contribution in [1.29, 1.82) is 0 Å². The summed E-state index contributed by atoms with van der Waals surface area (Å²) in [5.41, 5.74) is 2.07. The van der Waals surface area contributed by atoms with Gasteiger partial charge in [-0.05, 0) is 23.8 Å². The molecule has 2 aromatic carbocycles. The van der Waals surface area contributed by atoms with Gasteiger partial charge in [0.1, 0.15) is 23.1 Å². The van der Waals surface area contributed by atoms with E-state index in [0.29, 0.717) is 21.8 Å². The van der Waals surface area contributed by atoms with Crippen LogP contribution in [0.3, 0.4) is 0 Å². The van der Waals surface area contributed by atoms with E-state index in [9.17, 15) is 14.0 Å². The summed E-state index contributed by atoms with van der Waals surface area (Å²) >= 11 is 1.32. The highest BCUT2D eigenvalue weighted by Gasteiger charge is 2.14. The van der Waals surface area contributed by atoms with Gasteiger partial charge in [0.25, 0.3) is 0 Å². The van der Waals surface area contributed by atoms with Gasteiger partial charge < -0.3 is 15.2 Å². The van der Waals surface area contributed by atoms with E-state index >= 15 is 0 Å². The summed E-state index contributed by atoms with van der Waals surface area (Å²) in [6.45, 7) is -0.429. The van der Waals surface area contributed by atoms with Gasteiger partial charge in [0.2, 0.25) is 5.91 Å². The Morgan fingerprint density at radius 1 is 1.31 bits per heavy atom. The molecule has 0 fully saturated rings. The summed E-state index contributed by atoms with van der Waals surface area (Å²) < 4.78 is 19.8. The van der Waals surface area contributed by atoms with E-state index in [1.165, 1.54) is 30.6 Å². The van der Waals surface area contributed by atoms with Gasteiger partial charge >= 0.3 is 5.97 Å². The van der Waals surface area contributed by atoms with Gasteiger partial charge in [-0.2, -0.15) is 0 Å². The molecule has 1 heterocycles. The van der Waals surface area contributed by atoms with Gasteiger partial charge in [0, 0.05) is 11.6 Å². The number of halogens is 1. The number of thiazole rings is 1. The number of hydrogen-bond acceptors (Lipinski definition) is 5. The van der Waals surface area contributed by atoms with Crippen LogP contribution in [0.2, 0.25) is 0 Å². The number of amides is 1. The van der Waals surface area contributed by atoms with Gasteiger partial charge in [0.15, 0.2) is 0 Å². The molecule has 0 spiro atoms. The van der Waals surface area contributed by atoms with Crippen LogP contribution in [-0.2, 0) is 16.0 Å². The normalized spacial score (nSPS) is 10.7. The van der Waals surface area contributed by atoms with Crippen molar-refractivity contribution in [2.75, 3.05) is 13.7 Å². The smallest absolute Gasteiger partial charge is 0.322 e. The monoisotopic (exact) mass is 374 g/mol. The van der Waals surface area contributed by atoms with Crippen LogP contribution in [-0.4, -0.2) is 35.6 Å². The molecule has 8 heteroatoms. The van der Waals surface area contributed by atoms with E-state index in [0.717, 1.165) is 10.3 Å². The third-order valence-electron chi connectivity index (χ3n) is 3.64. The summed E-state index contributed by atoms with van der Waals surface area (Å²) in [5, 5.41) is 11.4. The van der Waals surface area contributed by atoms with Crippen molar-refractivity contribution >= 4 is 33.4 Å². The van der Waals surface area contributed by atoms with Gasteiger partial charge in [-0.3, -0.25) is 9.59 Å². The summed E-state index contributed by atoms with van der Waals surface area (Å²) in [6.07, 6.45) is -0.00968. The van der Waals surface area contributed by atoms with Crippen LogP contribution in [0, 0.1) is 5.82 Å². The maximum absolute atomic E-state index is 13.5. The Kier molecular flexibility index (Phi) is 5.13. The molecule has 0 saturated carbocycles. The molecule has 6 nitrogen and oxygen atoms in total. The number of carbonyl (C=O) groups excluding carboxylic acids is 1. The second-order valence-electron chi connectivity index (χ2n) is 5.49. The lowest BCUT2D eigenvalue weighted by Gasteiger charge is -2.08. The molecule has 134 valence electrons. The molecule has 0 aliphatic rings.